The second-order valence-corrected chi connectivity index (χ2v) is 8.73. The lowest BCUT2D eigenvalue weighted by molar-refractivity contribution is 0.0987. The van der Waals surface area contributed by atoms with Gasteiger partial charge in [-0.1, -0.05) is 6.07 Å². The number of nitrogens with one attached hydrogen (secondary N) is 1. The number of hydrogen-bond donors (Lipinski definition) is 1. The molecule has 2 amide bonds. The van der Waals surface area contributed by atoms with E-state index >= 15 is 0 Å². The minimum absolute atomic E-state index is 0.152. The maximum atomic E-state index is 13.2. The summed E-state index contributed by atoms with van der Waals surface area (Å²) in [6.45, 7) is 2.51. The van der Waals surface area contributed by atoms with Crippen molar-refractivity contribution in [1.82, 2.24) is 15.0 Å². The van der Waals surface area contributed by atoms with E-state index in [0.717, 1.165) is 33.8 Å². The van der Waals surface area contributed by atoms with Crippen molar-refractivity contribution in [3.63, 3.8) is 0 Å². The van der Waals surface area contributed by atoms with Crippen molar-refractivity contribution in [3.8, 4) is 11.3 Å². The van der Waals surface area contributed by atoms with Gasteiger partial charge in [0.1, 0.15) is 11.5 Å². The van der Waals surface area contributed by atoms with E-state index in [9.17, 15) is 14.0 Å². The number of rotatable bonds is 4. The largest absolute Gasteiger partial charge is 0.308 e. The topological polar surface area (TPSA) is 88.1 Å². The molecule has 2 aromatic heterocycles. The summed E-state index contributed by atoms with van der Waals surface area (Å²) in [5, 5.41) is 3.25. The van der Waals surface area contributed by atoms with Crippen LogP contribution in [0.2, 0.25) is 0 Å². The van der Waals surface area contributed by atoms with Crippen LogP contribution in [0.3, 0.4) is 0 Å². The number of halogens is 1. The van der Waals surface area contributed by atoms with Crippen molar-refractivity contribution in [3.05, 3.63) is 88.6 Å². The molecule has 0 spiro atoms. The summed E-state index contributed by atoms with van der Waals surface area (Å²) >= 11 is 1.38. The molecule has 2 aromatic carbocycles. The van der Waals surface area contributed by atoms with Gasteiger partial charge in [0.2, 0.25) is 0 Å². The van der Waals surface area contributed by atoms with Gasteiger partial charge < -0.3 is 4.90 Å². The van der Waals surface area contributed by atoms with E-state index in [1.807, 2.05) is 25.1 Å². The van der Waals surface area contributed by atoms with Gasteiger partial charge >= 0.3 is 0 Å². The Kier molecular flexibility index (Phi) is 5.39. The molecular formula is C24H18FN5O2S. The van der Waals surface area contributed by atoms with Crippen LogP contribution in [0.4, 0.5) is 15.2 Å². The summed E-state index contributed by atoms with van der Waals surface area (Å²) in [5.41, 5.74) is 4.25. The van der Waals surface area contributed by atoms with E-state index in [1.54, 1.807) is 4.90 Å². The molecular weight excluding hydrogens is 441 g/mol. The molecule has 1 aliphatic heterocycles. The van der Waals surface area contributed by atoms with Crippen molar-refractivity contribution >= 4 is 34.0 Å². The summed E-state index contributed by atoms with van der Waals surface area (Å²) in [6, 6.07) is 11.4. The van der Waals surface area contributed by atoms with Crippen molar-refractivity contribution < 1.29 is 14.0 Å². The Balaban J connectivity index is 1.37. The Morgan fingerprint density at radius 2 is 1.94 bits per heavy atom. The average Bonchev–Trinajstić information content (AvgIpc) is 3.42. The van der Waals surface area contributed by atoms with Crippen molar-refractivity contribution in [2.24, 2.45) is 0 Å². The highest BCUT2D eigenvalue weighted by Crippen LogP contribution is 2.36. The molecule has 7 nitrogen and oxygen atoms in total. The summed E-state index contributed by atoms with van der Waals surface area (Å²) in [6.07, 6.45) is 5.08. The summed E-state index contributed by atoms with van der Waals surface area (Å²) in [5.74, 6) is -0.892. The van der Waals surface area contributed by atoms with E-state index in [4.69, 9.17) is 0 Å². The number of hydrogen-bond acceptors (Lipinski definition) is 6. The Hall–Kier alpha value is -3.98. The van der Waals surface area contributed by atoms with Crippen LogP contribution in [-0.2, 0) is 6.42 Å². The van der Waals surface area contributed by atoms with Crippen LogP contribution in [0.1, 0.15) is 31.3 Å². The molecule has 0 bridgehead atoms. The molecule has 1 N–H and O–H groups in total. The maximum Gasteiger partial charge on any atom is 0.277 e. The molecule has 9 heteroatoms. The third-order valence-electron chi connectivity index (χ3n) is 5.40. The van der Waals surface area contributed by atoms with Crippen molar-refractivity contribution in [1.29, 1.82) is 0 Å². The molecule has 0 saturated carbocycles. The number of thiazole rings is 1. The SMILES string of the molecule is Cc1sc(NC(=O)c2cnccn2)nc1-c1ccc2c(c1)CCN2C(=O)c1ccc(F)cc1. The number of aryl methyl sites for hydroxylation is 1. The Morgan fingerprint density at radius 3 is 2.70 bits per heavy atom. The number of nitrogens with zero attached hydrogens (tertiary/aromatic N) is 4. The molecule has 0 unspecified atom stereocenters. The number of amides is 2. The van der Waals surface area contributed by atoms with Crippen LogP contribution >= 0.6 is 11.3 Å². The summed E-state index contributed by atoms with van der Waals surface area (Å²) < 4.78 is 13.2. The number of aromatic nitrogens is 3. The number of anilines is 2. The minimum atomic E-state index is -0.371. The van der Waals surface area contributed by atoms with E-state index < -0.39 is 0 Å². The molecule has 5 rings (SSSR count). The zero-order valence-corrected chi connectivity index (χ0v) is 18.4. The second kappa shape index (κ2) is 8.51. The van der Waals surface area contributed by atoms with Gasteiger partial charge in [0.25, 0.3) is 11.8 Å². The average molecular weight is 460 g/mol. The highest BCUT2D eigenvalue weighted by atomic mass is 32.1. The van der Waals surface area contributed by atoms with Crippen molar-refractivity contribution in [2.45, 2.75) is 13.3 Å². The van der Waals surface area contributed by atoms with Crippen LogP contribution in [0.25, 0.3) is 11.3 Å². The first kappa shape index (κ1) is 20.9. The molecule has 0 saturated heterocycles. The summed E-state index contributed by atoms with van der Waals surface area (Å²) in [7, 11) is 0. The zero-order valence-electron chi connectivity index (χ0n) is 17.6. The Morgan fingerprint density at radius 1 is 1.12 bits per heavy atom. The predicted molar refractivity (Wildman–Crippen MR) is 124 cm³/mol. The zero-order chi connectivity index (χ0) is 22.9. The fourth-order valence-corrected chi connectivity index (χ4v) is 4.63. The third-order valence-corrected chi connectivity index (χ3v) is 6.28. The van der Waals surface area contributed by atoms with Gasteiger partial charge in [0.15, 0.2) is 5.13 Å². The van der Waals surface area contributed by atoms with Gasteiger partial charge in [0.05, 0.1) is 11.9 Å². The monoisotopic (exact) mass is 459 g/mol. The molecule has 0 radical (unpaired) electrons. The number of benzene rings is 2. The first-order chi connectivity index (χ1) is 16.0. The van der Waals surface area contributed by atoms with Crippen LogP contribution in [0.5, 0.6) is 0 Å². The number of fused-ring (bicyclic) bond motifs is 1. The fraction of sp³-hybridized carbons (Fsp3) is 0.125. The van der Waals surface area contributed by atoms with Gasteiger partial charge in [-0.3, -0.25) is 19.9 Å². The van der Waals surface area contributed by atoms with Crippen LogP contribution in [0.15, 0.2) is 61.1 Å². The molecule has 33 heavy (non-hydrogen) atoms. The van der Waals surface area contributed by atoms with Gasteiger partial charge in [-0.2, -0.15) is 0 Å². The lowest BCUT2D eigenvalue weighted by Crippen LogP contribution is -2.28. The van der Waals surface area contributed by atoms with Crippen LogP contribution in [-0.4, -0.2) is 33.3 Å². The third kappa shape index (κ3) is 4.10. The van der Waals surface area contributed by atoms with E-state index in [1.165, 1.54) is 54.2 Å². The molecule has 0 aliphatic carbocycles. The highest BCUT2D eigenvalue weighted by molar-refractivity contribution is 7.16. The quantitative estimate of drug-likeness (QED) is 0.485. The van der Waals surface area contributed by atoms with Crippen LogP contribution in [0, 0.1) is 12.7 Å². The van der Waals surface area contributed by atoms with Gasteiger partial charge in [-0.15, -0.1) is 11.3 Å². The Labute approximate surface area is 193 Å². The first-order valence-electron chi connectivity index (χ1n) is 10.2. The normalized spacial score (nSPS) is 12.5. The lowest BCUT2D eigenvalue weighted by Gasteiger charge is -2.17. The van der Waals surface area contributed by atoms with E-state index in [2.05, 4.69) is 20.3 Å². The van der Waals surface area contributed by atoms with E-state index in [-0.39, 0.29) is 23.3 Å². The minimum Gasteiger partial charge on any atom is -0.308 e. The molecule has 1 aliphatic rings. The summed E-state index contributed by atoms with van der Waals surface area (Å²) in [4.78, 5) is 40.4. The highest BCUT2D eigenvalue weighted by Gasteiger charge is 2.26. The number of carbonyl (C=O) groups excluding carboxylic acids is 2. The molecule has 164 valence electrons. The van der Waals surface area contributed by atoms with Crippen LogP contribution < -0.4 is 10.2 Å². The molecule has 4 aromatic rings. The van der Waals surface area contributed by atoms with Gasteiger partial charge in [-0.25, -0.2) is 14.4 Å². The lowest BCUT2D eigenvalue weighted by atomic mass is 10.1. The standard InChI is InChI=1S/C24H18FN5O2S/c1-14-21(28-24(33-14)29-22(31)19-13-26-9-10-27-19)17-4-7-20-16(12-17)8-11-30(20)23(32)15-2-5-18(25)6-3-15/h2-7,9-10,12-13H,8,11H2,1H3,(H,28,29,31). The number of carbonyl (C=O) groups is 2. The van der Waals surface area contributed by atoms with E-state index in [0.29, 0.717) is 17.2 Å². The maximum absolute atomic E-state index is 13.2. The second-order valence-electron chi connectivity index (χ2n) is 7.53. The molecule has 3 heterocycles. The first-order valence-corrected chi connectivity index (χ1v) is 11.1. The molecule has 0 atom stereocenters. The van der Waals surface area contributed by atoms with Gasteiger partial charge in [0, 0.05) is 40.6 Å². The fourth-order valence-electron chi connectivity index (χ4n) is 3.80. The predicted octanol–water partition coefficient (Wildman–Crippen LogP) is 4.50. The van der Waals surface area contributed by atoms with Crippen molar-refractivity contribution in [2.75, 3.05) is 16.8 Å². The Bertz CT molecular complexity index is 1360. The molecule has 0 fully saturated rings. The van der Waals surface area contributed by atoms with Gasteiger partial charge in [-0.05, 0) is 55.3 Å². The smallest absolute Gasteiger partial charge is 0.277 e.